The molecule has 2 aliphatic rings. The van der Waals surface area contributed by atoms with Crippen LogP contribution in [0.5, 0.6) is 0 Å². The molecule has 1 amide bonds. The zero-order chi connectivity index (χ0) is 13.9. The molecule has 1 aliphatic carbocycles. The Morgan fingerprint density at radius 3 is 2.74 bits per heavy atom. The molecule has 4 nitrogen and oxygen atoms in total. The highest BCUT2D eigenvalue weighted by Crippen LogP contribution is 2.35. The lowest BCUT2D eigenvalue weighted by Gasteiger charge is -2.41. The van der Waals surface area contributed by atoms with Gasteiger partial charge in [0.15, 0.2) is 0 Å². The zero-order valence-corrected chi connectivity index (χ0v) is 12.3. The van der Waals surface area contributed by atoms with Crippen molar-refractivity contribution in [2.45, 2.75) is 51.6 Å². The summed E-state index contributed by atoms with van der Waals surface area (Å²) in [5.74, 6) is 0.808. The highest BCUT2D eigenvalue weighted by atomic mass is 16.3. The fourth-order valence-electron chi connectivity index (χ4n) is 3.67. The molecule has 110 valence electrons. The average Bonchev–Trinajstić information content (AvgIpc) is 2.37. The van der Waals surface area contributed by atoms with Crippen LogP contribution in [0.1, 0.15) is 45.4 Å². The Morgan fingerprint density at radius 2 is 2.21 bits per heavy atom. The van der Waals surface area contributed by atoms with Gasteiger partial charge in [-0.15, -0.1) is 0 Å². The van der Waals surface area contributed by atoms with Crippen LogP contribution in [0.4, 0.5) is 0 Å². The van der Waals surface area contributed by atoms with E-state index in [2.05, 4.69) is 12.2 Å². The van der Waals surface area contributed by atoms with Gasteiger partial charge in [0.1, 0.15) is 0 Å². The first-order valence-corrected chi connectivity index (χ1v) is 7.72. The van der Waals surface area contributed by atoms with Crippen molar-refractivity contribution in [3.63, 3.8) is 0 Å². The van der Waals surface area contributed by atoms with Crippen molar-refractivity contribution in [1.29, 1.82) is 0 Å². The van der Waals surface area contributed by atoms with E-state index in [0.717, 1.165) is 58.2 Å². The Kier molecular flexibility index (Phi) is 4.85. The number of carbonyl (C=O) groups is 1. The van der Waals surface area contributed by atoms with Crippen LogP contribution in [-0.2, 0) is 4.79 Å². The Bertz CT molecular complexity index is 302. The predicted molar refractivity (Wildman–Crippen MR) is 75.8 cm³/mol. The van der Waals surface area contributed by atoms with E-state index >= 15 is 0 Å². The molecule has 1 saturated carbocycles. The van der Waals surface area contributed by atoms with E-state index < -0.39 is 0 Å². The SMILES string of the molecule is CCCC1(C(=O)N(C)CC2CC(O)C2)CCCNC1. The fourth-order valence-corrected chi connectivity index (χ4v) is 3.67. The Morgan fingerprint density at radius 1 is 1.47 bits per heavy atom. The molecule has 0 bridgehead atoms. The molecule has 1 atom stereocenters. The van der Waals surface area contributed by atoms with Gasteiger partial charge < -0.3 is 15.3 Å². The van der Waals surface area contributed by atoms with Crippen molar-refractivity contribution in [3.05, 3.63) is 0 Å². The van der Waals surface area contributed by atoms with Crippen LogP contribution in [0.3, 0.4) is 0 Å². The van der Waals surface area contributed by atoms with Gasteiger partial charge in [0.25, 0.3) is 0 Å². The first kappa shape index (κ1) is 14.8. The predicted octanol–water partition coefficient (Wildman–Crippen LogP) is 1.39. The number of hydrogen-bond acceptors (Lipinski definition) is 3. The lowest BCUT2D eigenvalue weighted by molar-refractivity contribution is -0.144. The molecule has 1 unspecified atom stereocenters. The molecular weight excluding hydrogens is 240 g/mol. The number of aliphatic hydroxyl groups excluding tert-OH is 1. The van der Waals surface area contributed by atoms with Crippen LogP contribution in [0.2, 0.25) is 0 Å². The number of piperidine rings is 1. The maximum absolute atomic E-state index is 12.8. The Balaban J connectivity index is 1.93. The largest absolute Gasteiger partial charge is 0.393 e. The second-order valence-electron chi connectivity index (χ2n) is 6.49. The summed E-state index contributed by atoms with van der Waals surface area (Å²) in [5, 5.41) is 12.7. The van der Waals surface area contributed by atoms with E-state index in [9.17, 15) is 9.90 Å². The molecule has 2 N–H and O–H groups in total. The number of hydrogen-bond donors (Lipinski definition) is 2. The van der Waals surface area contributed by atoms with Crippen LogP contribution in [0.25, 0.3) is 0 Å². The van der Waals surface area contributed by atoms with Crippen molar-refractivity contribution in [3.8, 4) is 0 Å². The molecule has 0 aromatic carbocycles. The normalized spacial score (nSPS) is 34.7. The second-order valence-corrected chi connectivity index (χ2v) is 6.49. The number of nitrogens with one attached hydrogen (secondary N) is 1. The lowest BCUT2D eigenvalue weighted by atomic mass is 9.75. The highest BCUT2D eigenvalue weighted by Gasteiger charge is 2.41. The third-order valence-electron chi connectivity index (χ3n) is 4.74. The molecule has 0 aromatic heterocycles. The van der Waals surface area contributed by atoms with Crippen molar-refractivity contribution in [2.75, 3.05) is 26.7 Å². The van der Waals surface area contributed by atoms with Gasteiger partial charge in [0.05, 0.1) is 11.5 Å². The Labute approximate surface area is 116 Å². The van der Waals surface area contributed by atoms with Gasteiger partial charge in [-0.3, -0.25) is 4.79 Å². The monoisotopic (exact) mass is 268 g/mol. The summed E-state index contributed by atoms with van der Waals surface area (Å²) in [6.07, 6.45) is 5.74. The van der Waals surface area contributed by atoms with E-state index in [0.29, 0.717) is 11.8 Å². The van der Waals surface area contributed by atoms with E-state index in [4.69, 9.17) is 0 Å². The van der Waals surface area contributed by atoms with E-state index in [-0.39, 0.29) is 11.5 Å². The summed E-state index contributed by atoms with van der Waals surface area (Å²) in [6.45, 7) is 4.84. The molecule has 2 fully saturated rings. The summed E-state index contributed by atoms with van der Waals surface area (Å²) >= 11 is 0. The van der Waals surface area contributed by atoms with E-state index in [1.54, 1.807) is 0 Å². The summed E-state index contributed by atoms with van der Waals surface area (Å²) in [5.41, 5.74) is -0.176. The molecular formula is C15H28N2O2. The van der Waals surface area contributed by atoms with Crippen LogP contribution in [0, 0.1) is 11.3 Å². The van der Waals surface area contributed by atoms with Crippen molar-refractivity contribution < 1.29 is 9.90 Å². The van der Waals surface area contributed by atoms with Crippen LogP contribution >= 0.6 is 0 Å². The lowest BCUT2D eigenvalue weighted by Crippen LogP contribution is -2.52. The number of carbonyl (C=O) groups excluding carboxylic acids is 1. The molecule has 0 radical (unpaired) electrons. The summed E-state index contributed by atoms with van der Waals surface area (Å²) in [7, 11) is 1.93. The minimum Gasteiger partial charge on any atom is -0.393 e. The quantitative estimate of drug-likeness (QED) is 0.792. The first-order valence-electron chi connectivity index (χ1n) is 7.72. The fraction of sp³-hybridized carbons (Fsp3) is 0.933. The van der Waals surface area contributed by atoms with E-state index in [1.165, 1.54) is 0 Å². The van der Waals surface area contributed by atoms with Gasteiger partial charge in [-0.25, -0.2) is 0 Å². The molecule has 1 saturated heterocycles. The number of amides is 1. The first-order chi connectivity index (χ1) is 9.07. The van der Waals surface area contributed by atoms with Crippen LogP contribution < -0.4 is 5.32 Å². The maximum atomic E-state index is 12.8. The van der Waals surface area contributed by atoms with Crippen LogP contribution in [-0.4, -0.2) is 48.7 Å². The third kappa shape index (κ3) is 3.29. The van der Waals surface area contributed by atoms with Gasteiger partial charge in [0, 0.05) is 20.1 Å². The van der Waals surface area contributed by atoms with E-state index in [1.807, 2.05) is 11.9 Å². The third-order valence-corrected chi connectivity index (χ3v) is 4.74. The molecule has 1 heterocycles. The summed E-state index contributed by atoms with van der Waals surface area (Å²) in [6, 6.07) is 0. The van der Waals surface area contributed by atoms with Gasteiger partial charge >= 0.3 is 0 Å². The van der Waals surface area contributed by atoms with Gasteiger partial charge in [0.2, 0.25) is 5.91 Å². The second kappa shape index (κ2) is 6.23. The maximum Gasteiger partial charge on any atom is 0.229 e. The number of nitrogens with zero attached hydrogens (tertiary/aromatic N) is 1. The minimum absolute atomic E-state index is 0.130. The summed E-state index contributed by atoms with van der Waals surface area (Å²) < 4.78 is 0. The van der Waals surface area contributed by atoms with Crippen LogP contribution in [0.15, 0.2) is 0 Å². The van der Waals surface area contributed by atoms with Gasteiger partial charge in [-0.1, -0.05) is 13.3 Å². The standard InChI is InChI=1S/C15H28N2O2/c1-3-5-15(6-4-7-16-11-15)14(19)17(2)10-12-8-13(18)9-12/h12-13,16,18H,3-11H2,1-2H3. The molecule has 2 rings (SSSR count). The summed E-state index contributed by atoms with van der Waals surface area (Å²) in [4.78, 5) is 14.7. The Hall–Kier alpha value is -0.610. The molecule has 1 aliphatic heterocycles. The highest BCUT2D eigenvalue weighted by molar-refractivity contribution is 5.83. The average molecular weight is 268 g/mol. The van der Waals surface area contributed by atoms with Gasteiger partial charge in [-0.05, 0) is 44.6 Å². The molecule has 4 heteroatoms. The molecule has 19 heavy (non-hydrogen) atoms. The zero-order valence-electron chi connectivity index (χ0n) is 12.3. The number of rotatable bonds is 5. The topological polar surface area (TPSA) is 52.6 Å². The number of aliphatic hydroxyl groups is 1. The smallest absolute Gasteiger partial charge is 0.229 e. The van der Waals surface area contributed by atoms with Crippen molar-refractivity contribution in [1.82, 2.24) is 10.2 Å². The van der Waals surface area contributed by atoms with Gasteiger partial charge in [-0.2, -0.15) is 0 Å². The minimum atomic E-state index is -0.176. The van der Waals surface area contributed by atoms with Crippen molar-refractivity contribution in [2.24, 2.45) is 11.3 Å². The molecule has 0 aromatic rings. The van der Waals surface area contributed by atoms with Crippen molar-refractivity contribution >= 4 is 5.91 Å². The molecule has 0 spiro atoms.